The van der Waals surface area contributed by atoms with Crippen LogP contribution in [0.15, 0.2) is 53.6 Å². The quantitative estimate of drug-likeness (QED) is 0.432. The Kier molecular flexibility index (Phi) is 6.62. The summed E-state index contributed by atoms with van der Waals surface area (Å²) in [6.07, 6.45) is 2.58. The van der Waals surface area contributed by atoms with Crippen molar-refractivity contribution in [2.75, 3.05) is 6.61 Å². The van der Waals surface area contributed by atoms with Crippen LogP contribution in [-0.2, 0) is 6.61 Å². The van der Waals surface area contributed by atoms with E-state index in [2.05, 4.69) is 15.3 Å². The van der Waals surface area contributed by atoms with E-state index < -0.39 is 0 Å². The van der Waals surface area contributed by atoms with Gasteiger partial charge in [-0.05, 0) is 54.5 Å². The van der Waals surface area contributed by atoms with E-state index in [1.807, 2.05) is 49.4 Å². The van der Waals surface area contributed by atoms with Crippen LogP contribution < -0.4 is 9.47 Å². The molecule has 1 aromatic heterocycles. The maximum absolute atomic E-state index is 6.25. The molecule has 0 aliphatic heterocycles. The van der Waals surface area contributed by atoms with Gasteiger partial charge < -0.3 is 9.47 Å². The molecular weight excluding hydrogens is 384 g/mol. The first kappa shape index (κ1) is 19.1. The second-order valence-electron chi connectivity index (χ2n) is 5.64. The van der Waals surface area contributed by atoms with Crippen molar-refractivity contribution in [1.29, 1.82) is 0 Å². The number of ether oxygens (including phenoxy) is 2. The highest BCUT2D eigenvalue weighted by Crippen LogP contribution is 2.25. The zero-order valence-corrected chi connectivity index (χ0v) is 16.3. The van der Waals surface area contributed by atoms with Crippen molar-refractivity contribution in [3.05, 3.63) is 69.7 Å². The second-order valence-corrected chi connectivity index (χ2v) is 6.44. The molecule has 6 nitrogen and oxygen atoms in total. The minimum absolute atomic E-state index is 0.235. The third kappa shape index (κ3) is 5.18. The van der Waals surface area contributed by atoms with E-state index in [0.717, 1.165) is 17.7 Å². The van der Waals surface area contributed by atoms with Gasteiger partial charge in [-0.25, -0.2) is 5.10 Å². The minimum atomic E-state index is 0.235. The van der Waals surface area contributed by atoms with Crippen LogP contribution in [0.4, 0.5) is 0 Å². The van der Waals surface area contributed by atoms with Gasteiger partial charge in [-0.2, -0.15) is 14.9 Å². The fourth-order valence-corrected chi connectivity index (χ4v) is 2.69. The van der Waals surface area contributed by atoms with E-state index in [9.17, 15) is 0 Å². The molecule has 140 valence electrons. The first-order valence-electron chi connectivity index (χ1n) is 8.48. The van der Waals surface area contributed by atoms with Gasteiger partial charge in [-0.1, -0.05) is 36.7 Å². The summed E-state index contributed by atoms with van der Waals surface area (Å²) in [5.41, 5.74) is 0.821. The number of nitrogens with one attached hydrogen (secondary N) is 1. The van der Waals surface area contributed by atoms with Crippen molar-refractivity contribution in [1.82, 2.24) is 14.9 Å². The molecule has 0 bridgehead atoms. The lowest BCUT2D eigenvalue weighted by atomic mass is 10.2. The van der Waals surface area contributed by atoms with Gasteiger partial charge in [0.1, 0.15) is 18.1 Å². The molecule has 0 atom stereocenters. The number of hydrogen-bond acceptors (Lipinski definition) is 5. The Morgan fingerprint density at radius 3 is 2.78 bits per heavy atom. The number of rotatable bonds is 8. The number of halogens is 1. The van der Waals surface area contributed by atoms with Gasteiger partial charge in [0, 0.05) is 0 Å². The summed E-state index contributed by atoms with van der Waals surface area (Å²) in [5, 5.41) is 11.8. The molecule has 0 saturated heterocycles. The Hall–Kier alpha value is -2.64. The largest absolute Gasteiger partial charge is 0.492 e. The maximum Gasteiger partial charge on any atom is 0.216 e. The zero-order valence-electron chi connectivity index (χ0n) is 14.8. The molecule has 1 N–H and O–H groups in total. The van der Waals surface area contributed by atoms with Crippen LogP contribution >= 0.6 is 23.8 Å². The summed E-state index contributed by atoms with van der Waals surface area (Å²) in [5.74, 6) is 1.97. The predicted octanol–water partition coefficient (Wildman–Crippen LogP) is 4.84. The van der Waals surface area contributed by atoms with Gasteiger partial charge in [0.25, 0.3) is 0 Å². The summed E-state index contributed by atoms with van der Waals surface area (Å²) in [7, 11) is 0. The van der Waals surface area contributed by atoms with Crippen molar-refractivity contribution in [2.24, 2.45) is 5.10 Å². The monoisotopic (exact) mass is 402 g/mol. The van der Waals surface area contributed by atoms with Gasteiger partial charge in [-0.3, -0.25) is 0 Å². The third-order valence-corrected chi connectivity index (χ3v) is 4.13. The molecule has 2 aromatic carbocycles. The average molecular weight is 403 g/mol. The van der Waals surface area contributed by atoms with E-state index in [0.29, 0.717) is 28.0 Å². The highest BCUT2D eigenvalue weighted by molar-refractivity contribution is 7.71. The molecule has 0 saturated carbocycles. The summed E-state index contributed by atoms with van der Waals surface area (Å²) in [6.45, 7) is 2.91. The molecule has 0 aliphatic rings. The number of nitrogens with zero attached hydrogens (tertiary/aromatic N) is 3. The van der Waals surface area contributed by atoms with E-state index in [4.69, 9.17) is 33.3 Å². The Labute approximate surface area is 167 Å². The SMILES string of the molecule is CCCOc1ccc(/C=N\n2c(COc3ccccc3)n[nH]c2=S)cc1Cl. The van der Waals surface area contributed by atoms with Crippen LogP contribution in [0.25, 0.3) is 0 Å². The Morgan fingerprint density at radius 2 is 2.04 bits per heavy atom. The predicted molar refractivity (Wildman–Crippen MR) is 108 cm³/mol. The smallest absolute Gasteiger partial charge is 0.216 e. The number of para-hydroxylation sites is 1. The lowest BCUT2D eigenvalue weighted by molar-refractivity contribution is 0.290. The summed E-state index contributed by atoms with van der Waals surface area (Å²) < 4.78 is 13.2. The first-order valence-corrected chi connectivity index (χ1v) is 9.27. The standard InChI is InChI=1S/C19H19ClN4O2S/c1-2-10-25-17-9-8-14(11-16(17)20)12-21-24-18(22-23-19(24)27)13-26-15-6-4-3-5-7-15/h3-9,11-12H,2,10,13H2,1H3,(H,23,27)/b21-12-. The normalized spacial score (nSPS) is 11.0. The molecule has 3 rings (SSSR count). The van der Waals surface area contributed by atoms with E-state index >= 15 is 0 Å². The Bertz CT molecular complexity index is 969. The molecule has 0 aliphatic carbocycles. The number of benzene rings is 2. The number of hydrogen-bond donors (Lipinski definition) is 1. The van der Waals surface area contributed by atoms with Gasteiger partial charge in [-0.15, -0.1) is 0 Å². The van der Waals surface area contributed by atoms with Crippen LogP contribution in [0.3, 0.4) is 0 Å². The topological polar surface area (TPSA) is 64.4 Å². The van der Waals surface area contributed by atoms with Crippen LogP contribution in [0.2, 0.25) is 5.02 Å². The Morgan fingerprint density at radius 1 is 1.22 bits per heavy atom. The molecule has 1 heterocycles. The van der Waals surface area contributed by atoms with E-state index in [1.54, 1.807) is 12.3 Å². The lowest BCUT2D eigenvalue weighted by Crippen LogP contribution is -2.04. The van der Waals surface area contributed by atoms with Gasteiger partial charge in [0.2, 0.25) is 4.77 Å². The molecule has 3 aromatic rings. The maximum atomic E-state index is 6.25. The van der Waals surface area contributed by atoms with Crippen molar-refractivity contribution in [3.63, 3.8) is 0 Å². The molecule has 27 heavy (non-hydrogen) atoms. The van der Waals surface area contributed by atoms with Crippen LogP contribution in [0, 0.1) is 4.77 Å². The second kappa shape index (κ2) is 9.34. The van der Waals surface area contributed by atoms with Gasteiger partial charge >= 0.3 is 0 Å². The molecule has 0 spiro atoms. The first-order chi connectivity index (χ1) is 13.2. The summed E-state index contributed by atoms with van der Waals surface area (Å²) >= 11 is 11.5. The van der Waals surface area contributed by atoms with Gasteiger partial charge in [0.15, 0.2) is 5.82 Å². The average Bonchev–Trinajstić information content (AvgIpc) is 3.04. The van der Waals surface area contributed by atoms with Crippen molar-refractivity contribution in [2.45, 2.75) is 20.0 Å². The Balaban J connectivity index is 1.72. The van der Waals surface area contributed by atoms with E-state index in [-0.39, 0.29) is 6.61 Å². The minimum Gasteiger partial charge on any atom is -0.492 e. The van der Waals surface area contributed by atoms with Gasteiger partial charge in [0.05, 0.1) is 17.8 Å². The van der Waals surface area contributed by atoms with Crippen LogP contribution in [-0.4, -0.2) is 27.7 Å². The highest BCUT2D eigenvalue weighted by Gasteiger charge is 2.07. The highest BCUT2D eigenvalue weighted by atomic mass is 35.5. The fraction of sp³-hybridized carbons (Fsp3) is 0.211. The molecule has 0 amide bonds. The third-order valence-electron chi connectivity index (χ3n) is 3.57. The molecule has 0 fully saturated rings. The van der Waals surface area contributed by atoms with Crippen molar-refractivity contribution in [3.8, 4) is 11.5 Å². The van der Waals surface area contributed by atoms with Crippen LogP contribution in [0.5, 0.6) is 11.5 Å². The summed E-state index contributed by atoms with van der Waals surface area (Å²) in [6, 6.07) is 15.0. The van der Waals surface area contributed by atoms with E-state index in [1.165, 1.54) is 4.68 Å². The molecule has 0 radical (unpaired) electrons. The molecule has 8 heteroatoms. The number of aromatic amines is 1. The van der Waals surface area contributed by atoms with Crippen molar-refractivity contribution < 1.29 is 9.47 Å². The zero-order chi connectivity index (χ0) is 19.1. The van der Waals surface area contributed by atoms with Crippen LogP contribution in [0.1, 0.15) is 24.7 Å². The lowest BCUT2D eigenvalue weighted by Gasteiger charge is -2.07. The fourth-order valence-electron chi connectivity index (χ4n) is 2.25. The van der Waals surface area contributed by atoms with Crippen molar-refractivity contribution >= 4 is 30.0 Å². The summed E-state index contributed by atoms with van der Waals surface area (Å²) in [4.78, 5) is 0. The molecular formula is C19H19ClN4O2S. The molecule has 0 unspecified atom stereocenters. The number of aromatic nitrogens is 3. The number of H-pyrrole nitrogens is 1.